The Morgan fingerprint density at radius 3 is 2.36 bits per heavy atom. The molecule has 0 aliphatic carbocycles. The van der Waals surface area contributed by atoms with Gasteiger partial charge in [-0.3, -0.25) is 9.48 Å². The summed E-state index contributed by atoms with van der Waals surface area (Å²) in [7, 11) is 1.22. The Morgan fingerprint density at radius 1 is 1.16 bits per heavy atom. The van der Waals surface area contributed by atoms with Crippen molar-refractivity contribution in [2.45, 2.75) is 25.3 Å². The third-order valence-corrected chi connectivity index (χ3v) is 3.40. The van der Waals surface area contributed by atoms with E-state index in [1.165, 1.54) is 20.0 Å². The van der Waals surface area contributed by atoms with Crippen molar-refractivity contribution in [3.8, 4) is 0 Å². The first-order valence-electron chi connectivity index (χ1n) is 6.98. The van der Waals surface area contributed by atoms with Crippen LogP contribution in [0.15, 0.2) is 30.5 Å². The van der Waals surface area contributed by atoms with E-state index in [0.717, 1.165) is 29.1 Å². The van der Waals surface area contributed by atoms with Crippen LogP contribution < -0.4 is 5.32 Å². The summed E-state index contributed by atoms with van der Waals surface area (Å²) in [5, 5.41) is 5.47. The topological polar surface area (TPSA) is 46.9 Å². The van der Waals surface area contributed by atoms with E-state index in [4.69, 9.17) is 0 Å². The molecule has 0 bridgehead atoms. The molecule has 2 aromatic rings. The second kappa shape index (κ2) is 6.41. The second-order valence-corrected chi connectivity index (χ2v) is 5.38. The number of hydrogen-bond donors (Lipinski definition) is 1. The highest BCUT2D eigenvalue weighted by molar-refractivity contribution is 5.95. The number of halogens is 6. The number of amides is 1. The fourth-order valence-electron chi connectivity index (χ4n) is 2.21. The van der Waals surface area contributed by atoms with Crippen LogP contribution in [0.4, 0.5) is 26.3 Å². The van der Waals surface area contributed by atoms with E-state index in [1.807, 2.05) is 0 Å². The largest absolute Gasteiger partial charge is 0.435 e. The number of alkyl halides is 6. The standard InChI is InChI=1S/C15H13F6N3O/c1-8(9-4-3-5-10(6-9)14(16,17)18)22-13(25)11-7-24(2)23-12(11)15(19,20)21/h3-8H,1-2H3,(H,22,25). The molecular formula is C15H13F6N3O. The summed E-state index contributed by atoms with van der Waals surface area (Å²) in [6, 6.07) is 3.26. The van der Waals surface area contributed by atoms with E-state index in [1.54, 1.807) is 0 Å². The van der Waals surface area contributed by atoms with Crippen LogP contribution in [0.25, 0.3) is 0 Å². The van der Waals surface area contributed by atoms with Gasteiger partial charge >= 0.3 is 12.4 Å². The fourth-order valence-corrected chi connectivity index (χ4v) is 2.21. The Labute approximate surface area is 138 Å². The molecule has 1 amide bonds. The third-order valence-electron chi connectivity index (χ3n) is 3.40. The minimum absolute atomic E-state index is 0.112. The van der Waals surface area contributed by atoms with Crippen molar-refractivity contribution >= 4 is 5.91 Å². The van der Waals surface area contributed by atoms with Gasteiger partial charge in [0.15, 0.2) is 5.69 Å². The molecule has 0 saturated heterocycles. The Balaban J connectivity index is 2.25. The smallest absolute Gasteiger partial charge is 0.345 e. The van der Waals surface area contributed by atoms with Gasteiger partial charge in [0.05, 0.1) is 17.2 Å². The van der Waals surface area contributed by atoms with Gasteiger partial charge in [-0.15, -0.1) is 0 Å². The molecule has 1 atom stereocenters. The van der Waals surface area contributed by atoms with Gasteiger partial charge in [0, 0.05) is 13.2 Å². The van der Waals surface area contributed by atoms with Crippen molar-refractivity contribution in [1.82, 2.24) is 15.1 Å². The maximum Gasteiger partial charge on any atom is 0.435 e. The maximum atomic E-state index is 12.9. The Hall–Kier alpha value is -2.52. The molecule has 0 aliphatic rings. The van der Waals surface area contributed by atoms with Gasteiger partial charge in [-0.2, -0.15) is 31.4 Å². The zero-order valence-corrected chi connectivity index (χ0v) is 13.0. The number of carbonyl (C=O) groups excluding carboxylic acids is 1. The summed E-state index contributed by atoms with van der Waals surface area (Å²) in [5.41, 5.74) is -2.86. The molecule has 1 aromatic heterocycles. The zero-order valence-electron chi connectivity index (χ0n) is 13.0. The van der Waals surface area contributed by atoms with Crippen LogP contribution in [0.2, 0.25) is 0 Å². The summed E-state index contributed by atoms with van der Waals surface area (Å²) in [6.07, 6.45) is -8.49. The van der Waals surface area contributed by atoms with Crippen LogP contribution in [0, 0.1) is 0 Å². The number of nitrogens with one attached hydrogen (secondary N) is 1. The highest BCUT2D eigenvalue weighted by Gasteiger charge is 2.39. The van der Waals surface area contributed by atoms with Gasteiger partial charge in [-0.1, -0.05) is 12.1 Å². The van der Waals surface area contributed by atoms with E-state index in [0.29, 0.717) is 0 Å². The number of hydrogen-bond acceptors (Lipinski definition) is 2. The minimum Gasteiger partial charge on any atom is -0.345 e. The molecule has 0 fully saturated rings. The molecular weight excluding hydrogens is 352 g/mol. The molecule has 0 aliphatic heterocycles. The molecule has 0 radical (unpaired) electrons. The summed E-state index contributed by atoms with van der Waals surface area (Å²) >= 11 is 0. The van der Waals surface area contributed by atoms with Crippen LogP contribution in [0.5, 0.6) is 0 Å². The fraction of sp³-hybridized carbons (Fsp3) is 0.333. The predicted molar refractivity (Wildman–Crippen MR) is 75.5 cm³/mol. The molecule has 2 rings (SSSR count). The van der Waals surface area contributed by atoms with Gasteiger partial charge in [0.2, 0.25) is 0 Å². The van der Waals surface area contributed by atoms with Gasteiger partial charge in [0.25, 0.3) is 5.91 Å². The van der Waals surface area contributed by atoms with E-state index >= 15 is 0 Å². The number of benzene rings is 1. The van der Waals surface area contributed by atoms with Crippen LogP contribution >= 0.6 is 0 Å². The lowest BCUT2D eigenvalue weighted by Crippen LogP contribution is -2.28. The minimum atomic E-state index is -4.83. The quantitative estimate of drug-likeness (QED) is 0.838. The molecule has 1 N–H and O–H groups in total. The highest BCUT2D eigenvalue weighted by Crippen LogP contribution is 2.32. The summed E-state index contributed by atoms with van der Waals surface area (Å²) in [4.78, 5) is 12.1. The molecule has 10 heteroatoms. The van der Waals surface area contributed by atoms with E-state index in [2.05, 4.69) is 10.4 Å². The normalized spacial score (nSPS) is 13.6. The van der Waals surface area contributed by atoms with Crippen molar-refractivity contribution in [2.75, 3.05) is 0 Å². The lowest BCUT2D eigenvalue weighted by molar-refractivity contribution is -0.141. The first-order chi connectivity index (χ1) is 11.4. The number of aromatic nitrogens is 2. The van der Waals surface area contributed by atoms with Gasteiger partial charge in [-0.25, -0.2) is 0 Å². The van der Waals surface area contributed by atoms with E-state index in [9.17, 15) is 31.1 Å². The van der Waals surface area contributed by atoms with Crippen molar-refractivity contribution in [1.29, 1.82) is 0 Å². The first kappa shape index (κ1) is 18.8. The number of carbonyl (C=O) groups is 1. The molecule has 25 heavy (non-hydrogen) atoms. The summed E-state index contributed by atoms with van der Waals surface area (Å²) in [5.74, 6) is -1.08. The predicted octanol–water partition coefficient (Wildman–Crippen LogP) is 3.95. The number of nitrogens with zero attached hydrogens (tertiary/aromatic N) is 2. The monoisotopic (exact) mass is 365 g/mol. The number of rotatable bonds is 3. The van der Waals surface area contributed by atoms with Gasteiger partial charge in [0.1, 0.15) is 0 Å². The van der Waals surface area contributed by atoms with Crippen LogP contribution in [-0.2, 0) is 19.4 Å². The lowest BCUT2D eigenvalue weighted by atomic mass is 10.0. The van der Waals surface area contributed by atoms with Crippen molar-refractivity contribution in [2.24, 2.45) is 7.05 Å². The van der Waals surface area contributed by atoms with Gasteiger partial charge in [-0.05, 0) is 24.6 Å². The molecule has 0 spiro atoms. The van der Waals surface area contributed by atoms with Crippen LogP contribution in [-0.4, -0.2) is 15.7 Å². The Kier molecular flexibility index (Phi) is 4.83. The first-order valence-corrected chi connectivity index (χ1v) is 6.98. The molecule has 1 aromatic carbocycles. The average Bonchev–Trinajstić information content (AvgIpc) is 2.89. The third kappa shape index (κ3) is 4.31. The summed E-state index contributed by atoms with van der Waals surface area (Å²) in [6.45, 7) is 1.37. The molecule has 136 valence electrons. The van der Waals surface area contributed by atoms with Gasteiger partial charge < -0.3 is 5.32 Å². The van der Waals surface area contributed by atoms with Crippen LogP contribution in [0.1, 0.15) is 40.1 Å². The highest BCUT2D eigenvalue weighted by atomic mass is 19.4. The summed E-state index contributed by atoms with van der Waals surface area (Å²) < 4.78 is 77.7. The Morgan fingerprint density at radius 2 is 1.80 bits per heavy atom. The zero-order chi connectivity index (χ0) is 19.0. The number of aryl methyl sites for hydroxylation is 1. The van der Waals surface area contributed by atoms with Crippen molar-refractivity contribution in [3.05, 3.63) is 52.8 Å². The van der Waals surface area contributed by atoms with E-state index in [-0.39, 0.29) is 5.56 Å². The maximum absolute atomic E-state index is 12.9. The van der Waals surface area contributed by atoms with Crippen molar-refractivity contribution < 1.29 is 31.1 Å². The molecule has 4 nitrogen and oxygen atoms in total. The SMILES string of the molecule is CC(NC(=O)c1cn(C)nc1C(F)(F)F)c1cccc(C(F)(F)F)c1. The van der Waals surface area contributed by atoms with E-state index < -0.39 is 41.1 Å². The molecule has 0 saturated carbocycles. The average molecular weight is 365 g/mol. The molecule has 1 unspecified atom stereocenters. The Bertz CT molecular complexity index is 778. The second-order valence-electron chi connectivity index (χ2n) is 5.38. The van der Waals surface area contributed by atoms with Crippen LogP contribution in [0.3, 0.4) is 0 Å². The lowest BCUT2D eigenvalue weighted by Gasteiger charge is -2.16. The molecule has 1 heterocycles. The van der Waals surface area contributed by atoms with Crippen molar-refractivity contribution in [3.63, 3.8) is 0 Å².